The van der Waals surface area contributed by atoms with Gasteiger partial charge < -0.3 is 4.74 Å². The van der Waals surface area contributed by atoms with Gasteiger partial charge in [0.25, 0.3) is 0 Å². The first-order valence-corrected chi connectivity index (χ1v) is 7.67. The molecule has 0 saturated carbocycles. The van der Waals surface area contributed by atoms with Crippen molar-refractivity contribution in [3.8, 4) is 11.8 Å². The number of rotatable bonds is 6. The summed E-state index contributed by atoms with van der Waals surface area (Å²) < 4.78 is 54.4. The highest BCUT2D eigenvalue weighted by atomic mass is 32.2. The normalized spacial score (nSPS) is 12.0. The van der Waals surface area contributed by atoms with E-state index in [1.807, 2.05) is 0 Å². The van der Waals surface area contributed by atoms with Crippen LogP contribution in [0.5, 0.6) is 5.75 Å². The van der Waals surface area contributed by atoms with Crippen LogP contribution in [0.25, 0.3) is 0 Å². The molecule has 0 aliphatic rings. The lowest BCUT2D eigenvalue weighted by Crippen LogP contribution is -2.16. The highest BCUT2D eigenvalue weighted by molar-refractivity contribution is 7.89. The van der Waals surface area contributed by atoms with E-state index in [9.17, 15) is 17.2 Å². The molecule has 0 fully saturated rings. The topological polar surface area (TPSA) is 93.2 Å². The maximum Gasteiger partial charge on any atom is 0.241 e. The molecule has 0 aromatic heterocycles. The van der Waals surface area contributed by atoms with Crippen molar-refractivity contribution in [2.75, 3.05) is 6.61 Å². The lowest BCUT2D eigenvalue weighted by molar-refractivity contribution is 0.265. The van der Waals surface area contributed by atoms with Gasteiger partial charge in [-0.2, -0.15) is 5.26 Å². The molecular weight excluding hydrogens is 302 g/mol. The van der Waals surface area contributed by atoms with Crippen molar-refractivity contribution in [2.24, 2.45) is 10.6 Å². The Morgan fingerprint density at radius 2 is 2.00 bits per heavy atom. The number of hydrogen-bond donors (Lipinski definition) is 1. The molecule has 1 aromatic carbocycles. The highest BCUT2D eigenvalue weighted by Gasteiger charge is 2.22. The molecule has 0 heterocycles. The van der Waals surface area contributed by atoms with Crippen molar-refractivity contribution in [3.63, 3.8) is 0 Å². The Morgan fingerprint density at radius 3 is 2.52 bits per heavy atom. The van der Waals surface area contributed by atoms with Crippen LogP contribution in [0.3, 0.4) is 0 Å². The quantitative estimate of drug-likeness (QED) is 0.815. The molecule has 0 aliphatic carbocycles. The average molecular weight is 318 g/mol. The van der Waals surface area contributed by atoms with Crippen LogP contribution >= 0.6 is 0 Å². The Labute approximate surface area is 122 Å². The summed E-state index contributed by atoms with van der Waals surface area (Å²) in [5.74, 6) is -2.80. The lowest BCUT2D eigenvalue weighted by Gasteiger charge is -2.16. The van der Waals surface area contributed by atoms with E-state index in [4.69, 9.17) is 15.1 Å². The molecule has 2 N–H and O–H groups in total. The minimum Gasteiger partial charge on any atom is -0.489 e. The number of nitrogens with zero attached hydrogens (tertiary/aromatic N) is 1. The summed E-state index contributed by atoms with van der Waals surface area (Å²) in [6.07, 6.45) is 0.887. The molecule has 0 unspecified atom stereocenters. The molecule has 0 saturated heterocycles. The summed E-state index contributed by atoms with van der Waals surface area (Å²) in [7, 11) is -4.31. The Hall–Kier alpha value is -1.72. The zero-order valence-electron chi connectivity index (χ0n) is 11.7. The van der Waals surface area contributed by atoms with Gasteiger partial charge in [0.2, 0.25) is 10.0 Å². The standard InChI is InChI=1S/C13H16F2N2O3S/c1-13(2,8-16)4-3-5-20-12-10(15)6-9(14)7-11(12)21(17,18)19/h6-7H,3-5H2,1-2H3,(H2,17,18,19). The van der Waals surface area contributed by atoms with E-state index in [1.165, 1.54) is 0 Å². The fourth-order valence-corrected chi connectivity index (χ4v) is 2.32. The fourth-order valence-electron chi connectivity index (χ4n) is 1.63. The van der Waals surface area contributed by atoms with Crippen LogP contribution in [0.15, 0.2) is 17.0 Å². The molecule has 21 heavy (non-hydrogen) atoms. The van der Waals surface area contributed by atoms with Crippen LogP contribution in [0.1, 0.15) is 26.7 Å². The highest BCUT2D eigenvalue weighted by Crippen LogP contribution is 2.28. The van der Waals surface area contributed by atoms with Gasteiger partial charge in [-0.15, -0.1) is 0 Å². The predicted molar refractivity (Wildman–Crippen MR) is 71.9 cm³/mol. The molecule has 0 aliphatic heterocycles. The largest absolute Gasteiger partial charge is 0.489 e. The molecule has 5 nitrogen and oxygen atoms in total. The summed E-state index contributed by atoms with van der Waals surface area (Å²) in [5.41, 5.74) is -0.562. The van der Waals surface area contributed by atoms with Crippen LogP contribution in [-0.2, 0) is 10.0 Å². The average Bonchev–Trinajstić information content (AvgIpc) is 2.34. The first-order chi connectivity index (χ1) is 9.57. The maximum absolute atomic E-state index is 13.6. The molecule has 0 atom stereocenters. The summed E-state index contributed by atoms with van der Waals surface area (Å²) in [5, 5.41) is 13.8. The van der Waals surface area contributed by atoms with Gasteiger partial charge in [0.15, 0.2) is 11.6 Å². The Bertz CT molecular complexity index is 667. The summed E-state index contributed by atoms with van der Waals surface area (Å²) >= 11 is 0. The van der Waals surface area contributed by atoms with Crippen molar-refractivity contribution in [3.05, 3.63) is 23.8 Å². The molecule has 0 spiro atoms. The van der Waals surface area contributed by atoms with Gasteiger partial charge in [0, 0.05) is 6.07 Å². The second-order valence-electron chi connectivity index (χ2n) is 5.21. The van der Waals surface area contributed by atoms with Gasteiger partial charge in [-0.1, -0.05) is 0 Å². The molecular formula is C13H16F2N2O3S. The number of halogens is 2. The summed E-state index contributed by atoms with van der Waals surface area (Å²) in [6, 6.07) is 3.22. The van der Waals surface area contributed by atoms with E-state index in [-0.39, 0.29) is 6.61 Å². The van der Waals surface area contributed by atoms with E-state index in [0.717, 1.165) is 0 Å². The number of benzene rings is 1. The number of nitriles is 1. The van der Waals surface area contributed by atoms with Gasteiger partial charge >= 0.3 is 0 Å². The van der Waals surface area contributed by atoms with Gasteiger partial charge in [-0.25, -0.2) is 22.3 Å². The third-order valence-corrected chi connectivity index (χ3v) is 3.69. The molecule has 0 radical (unpaired) electrons. The molecule has 116 valence electrons. The fraction of sp³-hybridized carbons (Fsp3) is 0.462. The zero-order valence-corrected chi connectivity index (χ0v) is 12.5. The van der Waals surface area contributed by atoms with Gasteiger partial charge in [0.1, 0.15) is 10.7 Å². The maximum atomic E-state index is 13.6. The second kappa shape index (κ2) is 6.37. The summed E-state index contributed by atoms with van der Waals surface area (Å²) in [6.45, 7) is 3.46. The van der Waals surface area contributed by atoms with E-state index < -0.39 is 37.7 Å². The number of nitrogens with two attached hydrogens (primary N) is 1. The van der Waals surface area contributed by atoms with Gasteiger partial charge in [0.05, 0.1) is 18.1 Å². The number of ether oxygens (including phenoxy) is 1. The van der Waals surface area contributed by atoms with Crippen molar-refractivity contribution < 1.29 is 21.9 Å². The van der Waals surface area contributed by atoms with Crippen LogP contribution in [0.4, 0.5) is 8.78 Å². The van der Waals surface area contributed by atoms with Gasteiger partial charge in [-0.05, 0) is 32.8 Å². The number of sulfonamides is 1. The molecule has 0 amide bonds. The van der Waals surface area contributed by atoms with Crippen LogP contribution in [0.2, 0.25) is 0 Å². The molecule has 1 aromatic rings. The first-order valence-electron chi connectivity index (χ1n) is 6.13. The SMILES string of the molecule is CC(C)(C#N)CCCOc1c(F)cc(F)cc1S(N)(=O)=O. The van der Waals surface area contributed by atoms with E-state index >= 15 is 0 Å². The third kappa shape index (κ3) is 4.95. The van der Waals surface area contributed by atoms with Crippen molar-refractivity contribution in [1.82, 2.24) is 0 Å². The zero-order chi connectivity index (χ0) is 16.3. The minimum atomic E-state index is -4.31. The van der Waals surface area contributed by atoms with Crippen LogP contribution in [0, 0.1) is 28.4 Å². The minimum absolute atomic E-state index is 0.0177. The van der Waals surface area contributed by atoms with Crippen molar-refractivity contribution in [2.45, 2.75) is 31.6 Å². The Balaban J connectivity index is 2.88. The van der Waals surface area contributed by atoms with E-state index in [1.54, 1.807) is 13.8 Å². The molecule has 0 bridgehead atoms. The smallest absolute Gasteiger partial charge is 0.241 e. The van der Waals surface area contributed by atoms with Crippen molar-refractivity contribution >= 4 is 10.0 Å². The van der Waals surface area contributed by atoms with Crippen LogP contribution in [-0.4, -0.2) is 15.0 Å². The van der Waals surface area contributed by atoms with Gasteiger partial charge in [-0.3, -0.25) is 0 Å². The third-order valence-electron chi connectivity index (χ3n) is 2.78. The first kappa shape index (κ1) is 17.3. The lowest BCUT2D eigenvalue weighted by atomic mass is 9.90. The van der Waals surface area contributed by atoms with Crippen LogP contribution < -0.4 is 9.88 Å². The van der Waals surface area contributed by atoms with E-state index in [2.05, 4.69) is 6.07 Å². The predicted octanol–water partition coefficient (Wildman–Crippen LogP) is 2.32. The summed E-state index contributed by atoms with van der Waals surface area (Å²) in [4.78, 5) is -0.737. The molecule has 1 rings (SSSR count). The number of primary sulfonamides is 1. The second-order valence-corrected chi connectivity index (χ2v) is 6.74. The number of hydrogen-bond acceptors (Lipinski definition) is 4. The molecule has 8 heteroatoms. The van der Waals surface area contributed by atoms with Crippen molar-refractivity contribution in [1.29, 1.82) is 5.26 Å². The Morgan fingerprint density at radius 1 is 1.38 bits per heavy atom. The monoisotopic (exact) mass is 318 g/mol. The van der Waals surface area contributed by atoms with E-state index in [0.29, 0.717) is 25.0 Å². The Kier molecular flexibility index (Phi) is 5.25.